The van der Waals surface area contributed by atoms with E-state index >= 15 is 0 Å². The van der Waals surface area contributed by atoms with Gasteiger partial charge >= 0.3 is 0 Å². The summed E-state index contributed by atoms with van der Waals surface area (Å²) in [6.45, 7) is 8.52. The smallest absolute Gasteiger partial charge is 0.214 e. The molecular weight excluding hydrogens is 336 g/mol. The highest BCUT2D eigenvalue weighted by molar-refractivity contribution is 7.20. The van der Waals surface area contributed by atoms with Crippen LogP contribution in [0.25, 0.3) is 4.96 Å². The minimum Gasteiger partial charge on any atom is -0.486 e. The fourth-order valence-corrected chi connectivity index (χ4v) is 3.50. The van der Waals surface area contributed by atoms with Crippen LogP contribution in [0, 0.1) is 0 Å². The lowest BCUT2D eigenvalue weighted by Crippen LogP contribution is -2.15. The maximum absolute atomic E-state index is 5.63. The molecule has 0 fully saturated rings. The molecule has 0 spiro atoms. The van der Waals surface area contributed by atoms with Gasteiger partial charge in [0.1, 0.15) is 13.2 Å². The fourth-order valence-electron chi connectivity index (χ4n) is 2.69. The minimum absolute atomic E-state index is 0.0409. The van der Waals surface area contributed by atoms with Crippen molar-refractivity contribution in [1.29, 1.82) is 0 Å². The Balaban J connectivity index is 1.38. The highest BCUT2D eigenvalue weighted by atomic mass is 32.1. The number of rotatable bonds is 4. The third-order valence-corrected chi connectivity index (χ3v) is 4.99. The fraction of sp³-hybridized carbons (Fsp3) is 0.444. The molecule has 6 nitrogen and oxygen atoms in total. The van der Waals surface area contributed by atoms with E-state index in [1.165, 1.54) is 5.56 Å². The molecule has 0 radical (unpaired) electrons. The molecule has 1 aromatic carbocycles. The van der Waals surface area contributed by atoms with Gasteiger partial charge in [-0.2, -0.15) is 0 Å². The maximum Gasteiger partial charge on any atom is 0.214 e. The van der Waals surface area contributed by atoms with Crippen molar-refractivity contribution in [3.63, 3.8) is 0 Å². The van der Waals surface area contributed by atoms with E-state index in [-0.39, 0.29) is 5.41 Å². The molecule has 132 valence electrons. The van der Waals surface area contributed by atoms with Crippen molar-refractivity contribution in [2.45, 2.75) is 32.6 Å². The van der Waals surface area contributed by atoms with E-state index in [1.807, 2.05) is 16.8 Å². The average Bonchev–Trinajstić information content (AvgIpc) is 3.13. The van der Waals surface area contributed by atoms with E-state index in [0.717, 1.165) is 40.3 Å². The van der Waals surface area contributed by atoms with Crippen LogP contribution < -0.4 is 14.8 Å². The molecule has 4 rings (SSSR count). The van der Waals surface area contributed by atoms with Crippen LogP contribution >= 0.6 is 11.3 Å². The minimum atomic E-state index is 0.0409. The Hall–Kier alpha value is -2.28. The van der Waals surface area contributed by atoms with Crippen LogP contribution in [0.5, 0.6) is 11.5 Å². The summed E-state index contributed by atoms with van der Waals surface area (Å²) in [4.78, 5) is 5.59. The summed E-state index contributed by atoms with van der Waals surface area (Å²) in [5.74, 6) is 1.67. The second kappa shape index (κ2) is 6.22. The van der Waals surface area contributed by atoms with Gasteiger partial charge in [-0.1, -0.05) is 38.2 Å². The first-order valence-corrected chi connectivity index (χ1v) is 9.30. The zero-order chi connectivity index (χ0) is 17.4. The van der Waals surface area contributed by atoms with Crippen molar-refractivity contribution < 1.29 is 9.47 Å². The van der Waals surface area contributed by atoms with Gasteiger partial charge in [-0.3, -0.25) is 0 Å². The second-order valence-electron chi connectivity index (χ2n) is 7.17. The second-order valence-corrected chi connectivity index (χ2v) is 8.12. The number of nitrogens with zero attached hydrogens (tertiary/aromatic N) is 3. The molecule has 0 bridgehead atoms. The zero-order valence-corrected chi connectivity index (χ0v) is 15.5. The Morgan fingerprint density at radius 2 is 2.00 bits per heavy atom. The van der Waals surface area contributed by atoms with Crippen LogP contribution in [0.1, 0.15) is 32.0 Å². The van der Waals surface area contributed by atoms with Crippen LogP contribution in [0.2, 0.25) is 0 Å². The van der Waals surface area contributed by atoms with Gasteiger partial charge in [0.15, 0.2) is 11.5 Å². The number of imidazole rings is 1. The first kappa shape index (κ1) is 16.2. The quantitative estimate of drug-likeness (QED) is 0.773. The van der Waals surface area contributed by atoms with Gasteiger partial charge in [0.05, 0.1) is 11.9 Å². The van der Waals surface area contributed by atoms with Gasteiger partial charge in [-0.05, 0) is 24.1 Å². The van der Waals surface area contributed by atoms with Crippen LogP contribution in [0.3, 0.4) is 0 Å². The Labute approximate surface area is 150 Å². The topological polar surface area (TPSA) is 60.7 Å². The van der Waals surface area contributed by atoms with E-state index < -0.39 is 0 Å². The molecule has 0 amide bonds. The van der Waals surface area contributed by atoms with Crippen LogP contribution in [0.15, 0.2) is 24.4 Å². The Bertz CT molecular complexity index is 863. The van der Waals surface area contributed by atoms with Crippen LogP contribution in [-0.2, 0) is 11.8 Å². The number of hydrogen-bond donors (Lipinski definition) is 1. The molecule has 0 aliphatic carbocycles. The largest absolute Gasteiger partial charge is 0.486 e. The summed E-state index contributed by atoms with van der Waals surface area (Å²) in [7, 11) is 0. The zero-order valence-electron chi connectivity index (χ0n) is 14.7. The predicted octanol–water partition coefficient (Wildman–Crippen LogP) is 3.51. The van der Waals surface area contributed by atoms with Crippen LogP contribution in [0.4, 0.5) is 5.13 Å². The van der Waals surface area contributed by atoms with E-state index in [4.69, 9.17) is 9.47 Å². The molecule has 3 heterocycles. The predicted molar refractivity (Wildman–Crippen MR) is 99.2 cm³/mol. The molecule has 2 aromatic heterocycles. The molecule has 0 unspecified atom stereocenters. The van der Waals surface area contributed by atoms with E-state index in [2.05, 4.69) is 48.3 Å². The number of aromatic nitrogens is 3. The first-order valence-electron chi connectivity index (χ1n) is 8.48. The lowest BCUT2D eigenvalue weighted by molar-refractivity contribution is 0.171. The highest BCUT2D eigenvalue weighted by Crippen LogP contribution is 2.31. The summed E-state index contributed by atoms with van der Waals surface area (Å²) < 4.78 is 13.0. The van der Waals surface area contributed by atoms with Crippen molar-refractivity contribution in [2.24, 2.45) is 0 Å². The van der Waals surface area contributed by atoms with Gasteiger partial charge in [-0.15, -0.1) is 5.10 Å². The normalized spacial score (nSPS) is 14.0. The van der Waals surface area contributed by atoms with Crippen molar-refractivity contribution in [1.82, 2.24) is 14.6 Å². The molecule has 0 saturated carbocycles. The number of benzene rings is 1. The van der Waals surface area contributed by atoms with Crippen LogP contribution in [-0.4, -0.2) is 34.4 Å². The monoisotopic (exact) mass is 358 g/mol. The van der Waals surface area contributed by atoms with Crippen molar-refractivity contribution in [3.8, 4) is 11.5 Å². The van der Waals surface area contributed by atoms with E-state index in [1.54, 1.807) is 11.3 Å². The maximum atomic E-state index is 5.63. The first-order chi connectivity index (χ1) is 12.0. The molecule has 7 heteroatoms. The SMILES string of the molecule is CC(C)(C)c1cn2nc(NCCc3ccc4c(c3)OCCO4)sc2n1. The number of ether oxygens (including phenoxy) is 2. The molecule has 25 heavy (non-hydrogen) atoms. The third kappa shape index (κ3) is 3.42. The van der Waals surface area contributed by atoms with E-state index in [9.17, 15) is 0 Å². The number of fused-ring (bicyclic) bond motifs is 2. The van der Waals surface area contributed by atoms with Gasteiger partial charge in [0.2, 0.25) is 10.1 Å². The van der Waals surface area contributed by atoms with E-state index in [0.29, 0.717) is 13.2 Å². The summed E-state index contributed by atoms with van der Waals surface area (Å²) in [6.07, 6.45) is 2.91. The summed E-state index contributed by atoms with van der Waals surface area (Å²) in [5.41, 5.74) is 2.32. The standard InChI is InChI=1S/C18H22N4O2S/c1-18(2,3)15-11-22-17(20-15)25-16(21-22)19-7-6-12-4-5-13-14(10-12)24-9-8-23-13/h4-5,10-11H,6-9H2,1-3H3,(H,19,21). The summed E-state index contributed by atoms with van der Waals surface area (Å²) in [5, 5.41) is 8.84. The molecular formula is C18H22N4O2S. The Morgan fingerprint density at radius 1 is 1.20 bits per heavy atom. The van der Waals surface area contributed by atoms with Gasteiger partial charge in [0.25, 0.3) is 0 Å². The summed E-state index contributed by atoms with van der Waals surface area (Å²) >= 11 is 1.58. The van der Waals surface area contributed by atoms with Crippen molar-refractivity contribution in [3.05, 3.63) is 35.7 Å². The molecule has 1 N–H and O–H groups in total. The molecule has 0 atom stereocenters. The van der Waals surface area contributed by atoms with Gasteiger partial charge in [0, 0.05) is 12.0 Å². The van der Waals surface area contributed by atoms with Gasteiger partial charge < -0.3 is 14.8 Å². The number of nitrogens with one attached hydrogen (secondary N) is 1. The molecule has 1 aliphatic heterocycles. The third-order valence-electron chi connectivity index (χ3n) is 4.11. The number of hydrogen-bond acceptors (Lipinski definition) is 6. The lowest BCUT2D eigenvalue weighted by Gasteiger charge is -2.18. The average molecular weight is 358 g/mol. The highest BCUT2D eigenvalue weighted by Gasteiger charge is 2.19. The summed E-state index contributed by atoms with van der Waals surface area (Å²) in [6, 6.07) is 6.12. The van der Waals surface area contributed by atoms with Crippen molar-refractivity contribution >= 4 is 21.4 Å². The molecule has 0 saturated heterocycles. The van der Waals surface area contributed by atoms with Crippen molar-refractivity contribution in [2.75, 3.05) is 25.1 Å². The Morgan fingerprint density at radius 3 is 2.76 bits per heavy atom. The number of anilines is 1. The molecule has 1 aliphatic rings. The van der Waals surface area contributed by atoms with Gasteiger partial charge in [-0.25, -0.2) is 9.50 Å². The molecule has 3 aromatic rings. The Kier molecular flexibility index (Phi) is 4.03. The lowest BCUT2D eigenvalue weighted by atomic mass is 9.93.